The Morgan fingerprint density at radius 3 is 2.71 bits per heavy atom. The summed E-state index contributed by atoms with van der Waals surface area (Å²) in [5.41, 5.74) is 4.28. The number of aliphatic hydroxyl groups is 1. The van der Waals surface area contributed by atoms with Gasteiger partial charge in [0.1, 0.15) is 0 Å². The lowest BCUT2D eigenvalue weighted by atomic mass is 10.2. The number of halogens is 1. The predicted molar refractivity (Wildman–Crippen MR) is 128 cm³/mol. The van der Waals surface area contributed by atoms with Crippen LogP contribution >= 0.6 is 22.6 Å². The molecule has 3 heterocycles. The number of fused-ring (bicyclic) bond motifs is 1. The molecule has 2 aromatic heterocycles. The van der Waals surface area contributed by atoms with E-state index < -0.39 is 17.4 Å². The molecule has 3 aromatic rings. The third kappa shape index (κ3) is 4.28. The monoisotopic (exact) mass is 538 g/mol. The molecule has 10 heteroatoms. The minimum absolute atomic E-state index is 0.0627. The van der Waals surface area contributed by atoms with Crippen LogP contribution in [0.25, 0.3) is 11.2 Å². The summed E-state index contributed by atoms with van der Waals surface area (Å²) >= 11 is 2.29. The second-order valence-electron chi connectivity index (χ2n) is 7.99. The topological polar surface area (TPSA) is 97.3 Å². The Bertz CT molecular complexity index is 1200. The molecule has 1 fully saturated rings. The van der Waals surface area contributed by atoms with Gasteiger partial charge < -0.3 is 5.11 Å². The smallest absolute Gasteiger partial charge is 0.332 e. The molecule has 1 unspecified atom stereocenters. The Morgan fingerprint density at radius 2 is 1.97 bits per heavy atom. The molecule has 1 atom stereocenters. The van der Waals surface area contributed by atoms with E-state index in [0.29, 0.717) is 23.7 Å². The maximum Gasteiger partial charge on any atom is 0.332 e. The number of rotatable bonds is 5. The van der Waals surface area contributed by atoms with Crippen LogP contribution in [0, 0.1) is 3.57 Å². The van der Waals surface area contributed by atoms with E-state index >= 15 is 0 Å². The molecule has 0 aliphatic carbocycles. The van der Waals surface area contributed by atoms with Gasteiger partial charge in [-0.05, 0) is 54.0 Å². The van der Waals surface area contributed by atoms with E-state index in [1.54, 1.807) is 14.0 Å². The van der Waals surface area contributed by atoms with Crippen LogP contribution in [0.4, 0.5) is 5.95 Å². The van der Waals surface area contributed by atoms with Gasteiger partial charge in [-0.15, -0.1) is 0 Å². The Labute approximate surface area is 193 Å². The molecule has 0 amide bonds. The molecule has 31 heavy (non-hydrogen) atoms. The number of hydrogen-bond acceptors (Lipinski definition) is 6. The number of anilines is 1. The number of aromatic nitrogens is 4. The molecular weight excluding hydrogens is 511 g/mol. The fourth-order valence-electron chi connectivity index (χ4n) is 3.97. The summed E-state index contributed by atoms with van der Waals surface area (Å²) in [5, 5.41) is 11.8. The molecule has 1 saturated heterocycles. The molecule has 0 bridgehead atoms. The van der Waals surface area contributed by atoms with E-state index in [1.807, 2.05) is 33.8 Å². The highest BCUT2D eigenvalue weighted by Gasteiger charge is 2.25. The Kier molecular flexibility index (Phi) is 6.49. The number of hydrazine groups is 1. The van der Waals surface area contributed by atoms with Gasteiger partial charge in [0, 0.05) is 23.7 Å². The van der Waals surface area contributed by atoms with Crippen molar-refractivity contribution in [3.63, 3.8) is 0 Å². The van der Waals surface area contributed by atoms with Gasteiger partial charge in [0.25, 0.3) is 5.56 Å². The van der Waals surface area contributed by atoms with Crippen molar-refractivity contribution >= 4 is 39.7 Å². The van der Waals surface area contributed by atoms with Crippen molar-refractivity contribution in [3.8, 4) is 0 Å². The highest BCUT2D eigenvalue weighted by atomic mass is 127. The van der Waals surface area contributed by atoms with E-state index in [-0.39, 0.29) is 6.54 Å². The standard InChI is InChI=1S/C21H27IN6O3/c1-14(29)12-27-19(30)17-18(25(2)21(27)31)24-20(28-11-7-3-6-10-23-28)26(17)13-15-8-4-5-9-16(15)22/h4-5,8-9,14,23,29H,3,6-7,10-13H2,1-2H3. The molecule has 1 aliphatic rings. The number of benzene rings is 1. The van der Waals surface area contributed by atoms with E-state index in [9.17, 15) is 14.7 Å². The van der Waals surface area contributed by atoms with Gasteiger partial charge in [-0.2, -0.15) is 4.98 Å². The Hall–Kier alpha value is -2.18. The normalized spacial score (nSPS) is 15.9. The second-order valence-corrected chi connectivity index (χ2v) is 9.15. The zero-order valence-corrected chi connectivity index (χ0v) is 19.9. The Morgan fingerprint density at radius 1 is 1.19 bits per heavy atom. The van der Waals surface area contributed by atoms with Crippen LogP contribution < -0.4 is 21.7 Å². The van der Waals surface area contributed by atoms with Gasteiger partial charge in [0.15, 0.2) is 11.2 Å². The summed E-state index contributed by atoms with van der Waals surface area (Å²) in [6.07, 6.45) is 2.40. The number of imidazole rings is 1. The molecule has 0 spiro atoms. The average molecular weight is 538 g/mol. The second kappa shape index (κ2) is 9.13. The summed E-state index contributed by atoms with van der Waals surface area (Å²) in [7, 11) is 1.62. The summed E-state index contributed by atoms with van der Waals surface area (Å²) in [5.74, 6) is 0.624. The van der Waals surface area contributed by atoms with Crippen molar-refractivity contribution in [2.75, 3.05) is 18.1 Å². The van der Waals surface area contributed by atoms with Crippen molar-refractivity contribution in [1.29, 1.82) is 0 Å². The van der Waals surface area contributed by atoms with E-state index in [4.69, 9.17) is 4.98 Å². The van der Waals surface area contributed by atoms with E-state index in [0.717, 1.165) is 46.1 Å². The van der Waals surface area contributed by atoms with Gasteiger partial charge in [0.2, 0.25) is 5.95 Å². The van der Waals surface area contributed by atoms with Crippen LogP contribution in [-0.4, -0.2) is 43.0 Å². The van der Waals surface area contributed by atoms with Gasteiger partial charge in [-0.25, -0.2) is 10.2 Å². The van der Waals surface area contributed by atoms with Gasteiger partial charge in [-0.3, -0.25) is 23.5 Å². The lowest BCUT2D eigenvalue weighted by Gasteiger charge is -2.23. The van der Waals surface area contributed by atoms with Gasteiger partial charge >= 0.3 is 5.69 Å². The molecule has 9 nitrogen and oxygen atoms in total. The number of aliphatic hydroxyl groups excluding tert-OH is 1. The lowest BCUT2D eigenvalue weighted by molar-refractivity contribution is 0.170. The van der Waals surface area contributed by atoms with Gasteiger partial charge in [0.05, 0.1) is 19.2 Å². The molecule has 166 valence electrons. The minimum Gasteiger partial charge on any atom is -0.392 e. The molecule has 4 rings (SSSR count). The van der Waals surface area contributed by atoms with Crippen LogP contribution in [0.2, 0.25) is 0 Å². The summed E-state index contributed by atoms with van der Waals surface area (Å²) in [6, 6.07) is 8.01. The van der Waals surface area contributed by atoms with Crippen molar-refractivity contribution in [2.45, 2.75) is 45.4 Å². The largest absolute Gasteiger partial charge is 0.392 e. The average Bonchev–Trinajstić information content (AvgIpc) is 2.91. The molecule has 2 N–H and O–H groups in total. The summed E-state index contributed by atoms with van der Waals surface area (Å²) in [4.78, 5) is 31.0. The zero-order chi connectivity index (χ0) is 22.1. The lowest BCUT2D eigenvalue weighted by Crippen LogP contribution is -2.42. The van der Waals surface area contributed by atoms with E-state index in [2.05, 4.69) is 28.0 Å². The number of hydrogen-bond donors (Lipinski definition) is 2. The SMILES string of the molecule is CC(O)Cn1c(=O)c2c(nc(N3CCCCCN3)n2Cc2ccccc2I)n(C)c1=O. The van der Waals surface area contributed by atoms with Crippen LogP contribution in [-0.2, 0) is 20.1 Å². The van der Waals surface area contributed by atoms with Crippen LogP contribution in [0.15, 0.2) is 33.9 Å². The first-order chi connectivity index (χ1) is 14.9. The van der Waals surface area contributed by atoms with Crippen molar-refractivity contribution in [2.24, 2.45) is 7.05 Å². The third-order valence-corrected chi connectivity index (χ3v) is 6.60. The van der Waals surface area contributed by atoms with E-state index in [1.165, 1.54) is 4.57 Å². The fourth-order valence-corrected chi connectivity index (χ4v) is 4.53. The maximum atomic E-state index is 13.4. The maximum absolute atomic E-state index is 13.4. The first-order valence-corrected chi connectivity index (χ1v) is 11.6. The molecule has 1 aromatic carbocycles. The molecular formula is C21H27IN6O3. The molecule has 1 aliphatic heterocycles. The first kappa shape index (κ1) is 22.0. The van der Waals surface area contributed by atoms with Gasteiger partial charge in [-0.1, -0.05) is 24.6 Å². The fraction of sp³-hybridized carbons (Fsp3) is 0.476. The number of nitrogens with zero attached hydrogens (tertiary/aromatic N) is 5. The van der Waals surface area contributed by atoms with Crippen LogP contribution in [0.3, 0.4) is 0 Å². The number of nitrogens with one attached hydrogen (secondary N) is 1. The minimum atomic E-state index is -0.818. The van der Waals surface area contributed by atoms with Crippen molar-refractivity contribution in [1.82, 2.24) is 24.1 Å². The summed E-state index contributed by atoms with van der Waals surface area (Å²) in [6.45, 7) is 3.55. The van der Waals surface area contributed by atoms with Crippen molar-refractivity contribution < 1.29 is 5.11 Å². The van der Waals surface area contributed by atoms with Crippen molar-refractivity contribution in [3.05, 3.63) is 54.2 Å². The zero-order valence-electron chi connectivity index (χ0n) is 17.7. The predicted octanol–water partition coefficient (Wildman–Crippen LogP) is 1.43. The first-order valence-electron chi connectivity index (χ1n) is 10.5. The molecule has 0 radical (unpaired) electrons. The Balaban J connectivity index is 1.98. The highest BCUT2D eigenvalue weighted by Crippen LogP contribution is 2.23. The molecule has 0 saturated carbocycles. The van der Waals surface area contributed by atoms with Crippen LogP contribution in [0.5, 0.6) is 0 Å². The van der Waals surface area contributed by atoms with Crippen LogP contribution in [0.1, 0.15) is 31.7 Å². The quantitative estimate of drug-likeness (QED) is 0.478. The highest BCUT2D eigenvalue weighted by molar-refractivity contribution is 14.1. The number of aryl methyl sites for hydroxylation is 1. The summed E-state index contributed by atoms with van der Waals surface area (Å²) < 4.78 is 5.48. The third-order valence-electron chi connectivity index (χ3n) is 5.55.